The van der Waals surface area contributed by atoms with Gasteiger partial charge in [-0.1, -0.05) is 12.1 Å². The van der Waals surface area contributed by atoms with E-state index in [1.807, 2.05) is 31.4 Å². The molecule has 1 heterocycles. The van der Waals surface area contributed by atoms with E-state index in [0.717, 1.165) is 21.6 Å². The Kier molecular flexibility index (Phi) is 2.30. The summed E-state index contributed by atoms with van der Waals surface area (Å²) in [6.45, 7) is 3.85. The second-order valence-electron chi connectivity index (χ2n) is 3.39. The Balaban J connectivity index is 2.57. The van der Waals surface area contributed by atoms with Crippen molar-refractivity contribution < 1.29 is 5.11 Å². The Bertz CT molecular complexity index is 420. The minimum absolute atomic E-state index is 0.133. The smallest absolute Gasteiger partial charge is 0.182 e. The van der Waals surface area contributed by atoms with Crippen molar-refractivity contribution in [1.29, 1.82) is 0 Å². The molecule has 0 N–H and O–H groups in total. The first-order valence-corrected chi connectivity index (χ1v) is 5.38. The molecule has 0 atom stereocenters. The number of rotatable bonds is 1. The summed E-state index contributed by atoms with van der Waals surface area (Å²) in [6.07, 6.45) is 0. The summed E-state index contributed by atoms with van der Waals surface area (Å²) in [7, 11) is 0. The Labute approximate surface area is 87.7 Å². The van der Waals surface area contributed by atoms with E-state index >= 15 is 0 Å². The molecule has 1 nitrogen and oxygen atoms in total. The molecule has 0 fully saturated rings. The molecule has 0 unspecified atom stereocenters. The Morgan fingerprint density at radius 2 is 2.00 bits per heavy atom. The highest BCUT2D eigenvalue weighted by atomic mass is 32.1. The van der Waals surface area contributed by atoms with Crippen molar-refractivity contribution in [1.82, 2.24) is 0 Å². The van der Waals surface area contributed by atoms with Crippen LogP contribution in [0.25, 0.3) is 10.4 Å². The zero-order valence-electron chi connectivity index (χ0n) is 8.20. The van der Waals surface area contributed by atoms with Gasteiger partial charge in [-0.05, 0) is 48.1 Å². The molecule has 0 aliphatic rings. The summed E-state index contributed by atoms with van der Waals surface area (Å²) in [4.78, 5) is 1.16. The van der Waals surface area contributed by atoms with Gasteiger partial charge in [-0.15, -0.1) is 11.3 Å². The van der Waals surface area contributed by atoms with Crippen LogP contribution in [0.3, 0.4) is 0 Å². The quantitative estimate of drug-likeness (QED) is 0.662. The standard InChI is InChI=1S/C12H11OS/c1-8-6-10(7-11(13)9(8)2)12-4-3-5-14-12/h3-7H,1-2H3. The van der Waals surface area contributed by atoms with E-state index in [2.05, 4.69) is 6.07 Å². The number of benzene rings is 1. The van der Waals surface area contributed by atoms with Crippen molar-refractivity contribution in [3.63, 3.8) is 0 Å². The highest BCUT2D eigenvalue weighted by Gasteiger charge is 2.06. The van der Waals surface area contributed by atoms with Crippen LogP contribution < -0.4 is 0 Å². The molecular formula is C12H11OS. The molecule has 0 aliphatic carbocycles. The van der Waals surface area contributed by atoms with Crippen molar-refractivity contribution >= 4 is 11.3 Å². The van der Waals surface area contributed by atoms with E-state index in [1.165, 1.54) is 0 Å². The highest BCUT2D eigenvalue weighted by Crippen LogP contribution is 2.31. The fraction of sp³-hybridized carbons (Fsp3) is 0.167. The molecule has 1 radical (unpaired) electrons. The summed E-state index contributed by atoms with van der Waals surface area (Å²) in [5.41, 5.74) is 2.96. The Morgan fingerprint density at radius 1 is 1.21 bits per heavy atom. The van der Waals surface area contributed by atoms with Crippen molar-refractivity contribution in [2.75, 3.05) is 0 Å². The second kappa shape index (κ2) is 3.46. The molecule has 1 aromatic carbocycles. The molecule has 0 aliphatic heterocycles. The van der Waals surface area contributed by atoms with Gasteiger partial charge in [0.05, 0.1) is 0 Å². The van der Waals surface area contributed by atoms with Gasteiger partial charge in [-0.25, -0.2) is 0 Å². The first kappa shape index (κ1) is 9.28. The molecule has 0 amide bonds. The largest absolute Gasteiger partial charge is 0.290 e. The highest BCUT2D eigenvalue weighted by molar-refractivity contribution is 7.13. The molecule has 71 valence electrons. The third-order valence-corrected chi connectivity index (χ3v) is 3.34. The van der Waals surface area contributed by atoms with Gasteiger partial charge < -0.3 is 0 Å². The molecule has 2 aromatic rings. The van der Waals surface area contributed by atoms with E-state index in [4.69, 9.17) is 0 Å². The van der Waals surface area contributed by atoms with Crippen LogP contribution in [-0.2, 0) is 5.11 Å². The average Bonchev–Trinajstić information content (AvgIpc) is 2.66. The Morgan fingerprint density at radius 3 is 2.57 bits per heavy atom. The number of hydrogen-bond acceptors (Lipinski definition) is 1. The van der Waals surface area contributed by atoms with Crippen molar-refractivity contribution in [2.45, 2.75) is 13.8 Å². The zero-order chi connectivity index (χ0) is 10.1. The third-order valence-electron chi connectivity index (χ3n) is 2.43. The lowest BCUT2D eigenvalue weighted by Crippen LogP contribution is -1.82. The number of thiophene rings is 1. The van der Waals surface area contributed by atoms with Gasteiger partial charge in [-0.2, -0.15) is 0 Å². The van der Waals surface area contributed by atoms with Crippen LogP contribution in [0.4, 0.5) is 0 Å². The fourth-order valence-corrected chi connectivity index (χ4v) is 2.13. The minimum Gasteiger partial charge on any atom is -0.290 e. The Hall–Kier alpha value is -1.28. The van der Waals surface area contributed by atoms with Crippen LogP contribution in [0, 0.1) is 13.8 Å². The summed E-state index contributed by atoms with van der Waals surface area (Å²) >= 11 is 1.66. The maximum absolute atomic E-state index is 11.6. The average molecular weight is 203 g/mol. The lowest BCUT2D eigenvalue weighted by Gasteiger charge is -2.04. The molecule has 0 bridgehead atoms. The van der Waals surface area contributed by atoms with E-state index in [1.54, 1.807) is 17.4 Å². The van der Waals surface area contributed by atoms with E-state index in [-0.39, 0.29) is 5.75 Å². The van der Waals surface area contributed by atoms with Crippen molar-refractivity contribution in [3.05, 3.63) is 40.8 Å². The van der Waals surface area contributed by atoms with Gasteiger partial charge in [0, 0.05) is 4.88 Å². The van der Waals surface area contributed by atoms with Gasteiger partial charge in [-0.3, -0.25) is 5.11 Å². The number of hydrogen-bond donors (Lipinski definition) is 0. The lowest BCUT2D eigenvalue weighted by molar-refractivity contribution is 0.351. The third kappa shape index (κ3) is 1.53. The first-order valence-electron chi connectivity index (χ1n) is 4.50. The van der Waals surface area contributed by atoms with Crippen molar-refractivity contribution in [2.24, 2.45) is 0 Å². The molecule has 0 saturated carbocycles. The predicted molar refractivity (Wildman–Crippen MR) is 59.4 cm³/mol. The monoisotopic (exact) mass is 203 g/mol. The molecule has 1 aromatic heterocycles. The van der Waals surface area contributed by atoms with Crippen molar-refractivity contribution in [3.8, 4) is 16.2 Å². The van der Waals surface area contributed by atoms with E-state index < -0.39 is 0 Å². The topological polar surface area (TPSA) is 19.9 Å². The van der Waals surface area contributed by atoms with Crippen LogP contribution in [-0.4, -0.2) is 0 Å². The molecular weight excluding hydrogens is 192 g/mol. The molecule has 2 rings (SSSR count). The molecule has 0 saturated heterocycles. The normalized spacial score (nSPS) is 10.4. The van der Waals surface area contributed by atoms with Crippen LogP contribution in [0.5, 0.6) is 5.75 Å². The maximum Gasteiger partial charge on any atom is 0.182 e. The first-order chi connectivity index (χ1) is 6.68. The number of aryl methyl sites for hydroxylation is 1. The van der Waals surface area contributed by atoms with Gasteiger partial charge >= 0.3 is 0 Å². The summed E-state index contributed by atoms with van der Waals surface area (Å²) in [6, 6.07) is 7.82. The van der Waals surface area contributed by atoms with Crippen LogP contribution in [0.15, 0.2) is 29.6 Å². The van der Waals surface area contributed by atoms with Gasteiger partial charge in [0.25, 0.3) is 0 Å². The summed E-state index contributed by atoms with van der Waals surface area (Å²) in [5.74, 6) is 0.133. The second-order valence-corrected chi connectivity index (χ2v) is 4.34. The zero-order valence-corrected chi connectivity index (χ0v) is 9.02. The predicted octanol–water partition coefficient (Wildman–Crippen LogP) is 4.18. The minimum atomic E-state index is 0.133. The maximum atomic E-state index is 11.6. The van der Waals surface area contributed by atoms with Gasteiger partial charge in [0.1, 0.15) is 0 Å². The fourth-order valence-electron chi connectivity index (χ4n) is 1.41. The van der Waals surface area contributed by atoms with Crippen LogP contribution >= 0.6 is 11.3 Å². The molecule has 14 heavy (non-hydrogen) atoms. The summed E-state index contributed by atoms with van der Waals surface area (Å²) in [5, 5.41) is 13.6. The van der Waals surface area contributed by atoms with Gasteiger partial charge in [0.15, 0.2) is 5.75 Å². The SMILES string of the molecule is Cc1cc(-c2cccs2)cc([O])c1C. The summed E-state index contributed by atoms with van der Waals surface area (Å²) < 4.78 is 0. The van der Waals surface area contributed by atoms with Crippen LogP contribution in [0.1, 0.15) is 11.1 Å². The van der Waals surface area contributed by atoms with E-state index in [9.17, 15) is 5.11 Å². The molecule has 0 spiro atoms. The molecule has 2 heteroatoms. The lowest BCUT2D eigenvalue weighted by atomic mass is 10.0. The van der Waals surface area contributed by atoms with E-state index in [0.29, 0.717) is 0 Å². The van der Waals surface area contributed by atoms with Gasteiger partial charge in [0.2, 0.25) is 0 Å². The van der Waals surface area contributed by atoms with Crippen LogP contribution in [0.2, 0.25) is 0 Å².